The number of carbonyl (C=O) groups is 3. The molecule has 7 N–H and O–H groups in total. The minimum atomic E-state index is -1.43. The Labute approximate surface area is 108 Å². The number of nitrogens with one attached hydrogen (secondary N) is 2. The third-order valence-electron chi connectivity index (χ3n) is 2.20. The number of aliphatic hydroxyl groups excluding tert-OH is 1. The molecule has 0 radical (unpaired) electrons. The van der Waals surface area contributed by atoms with Crippen molar-refractivity contribution >= 4 is 23.5 Å². The molecule has 0 aliphatic rings. The van der Waals surface area contributed by atoms with Crippen molar-refractivity contribution in [3.05, 3.63) is 29.8 Å². The molecule has 0 spiro atoms. The lowest BCUT2D eigenvalue weighted by atomic mass is 10.2. The van der Waals surface area contributed by atoms with Crippen molar-refractivity contribution in [3.8, 4) is 0 Å². The standard InChI is InChI=1S/C11H14N4O4/c12-9(17)8(16)5-14-10(18)6-1-3-7(4-2-6)15-11(13)19/h1-4,8,16H,5H2,(H2,12,17)(H,14,18)(H3,13,15,19). The number of nitrogens with two attached hydrogens (primary N) is 2. The Morgan fingerprint density at radius 1 is 1.16 bits per heavy atom. The highest BCUT2D eigenvalue weighted by Gasteiger charge is 2.13. The van der Waals surface area contributed by atoms with Crippen molar-refractivity contribution in [1.82, 2.24) is 5.32 Å². The van der Waals surface area contributed by atoms with Gasteiger partial charge in [-0.1, -0.05) is 0 Å². The van der Waals surface area contributed by atoms with Gasteiger partial charge in [0.2, 0.25) is 5.91 Å². The van der Waals surface area contributed by atoms with Crippen LogP contribution in [0.2, 0.25) is 0 Å². The van der Waals surface area contributed by atoms with Gasteiger partial charge >= 0.3 is 6.03 Å². The monoisotopic (exact) mass is 266 g/mol. The molecule has 4 amide bonds. The second-order valence-electron chi connectivity index (χ2n) is 3.69. The lowest BCUT2D eigenvalue weighted by Gasteiger charge is -2.09. The van der Waals surface area contributed by atoms with E-state index in [-0.39, 0.29) is 6.54 Å². The molecule has 0 heterocycles. The fourth-order valence-electron chi connectivity index (χ4n) is 1.24. The van der Waals surface area contributed by atoms with E-state index in [1.165, 1.54) is 24.3 Å². The molecular formula is C11H14N4O4. The number of benzene rings is 1. The normalized spacial score (nSPS) is 11.4. The van der Waals surface area contributed by atoms with Crippen LogP contribution in [0.1, 0.15) is 10.4 Å². The highest BCUT2D eigenvalue weighted by molar-refractivity contribution is 5.95. The van der Waals surface area contributed by atoms with E-state index in [4.69, 9.17) is 16.6 Å². The van der Waals surface area contributed by atoms with Gasteiger partial charge in [0, 0.05) is 11.3 Å². The summed E-state index contributed by atoms with van der Waals surface area (Å²) in [6.45, 7) is -0.268. The average Bonchev–Trinajstić information content (AvgIpc) is 2.35. The van der Waals surface area contributed by atoms with Gasteiger partial charge in [-0.3, -0.25) is 9.59 Å². The van der Waals surface area contributed by atoms with Crippen LogP contribution in [0.25, 0.3) is 0 Å². The number of carbonyl (C=O) groups excluding carboxylic acids is 3. The number of hydrogen-bond donors (Lipinski definition) is 5. The van der Waals surface area contributed by atoms with E-state index < -0.39 is 23.9 Å². The first kappa shape index (κ1) is 14.5. The summed E-state index contributed by atoms with van der Waals surface area (Å²) in [5, 5.41) is 13.8. The summed E-state index contributed by atoms with van der Waals surface area (Å²) in [7, 11) is 0. The summed E-state index contributed by atoms with van der Waals surface area (Å²) in [5.74, 6) is -1.40. The van der Waals surface area contributed by atoms with Crippen LogP contribution in [-0.2, 0) is 4.79 Å². The van der Waals surface area contributed by atoms with Crippen LogP contribution in [0.4, 0.5) is 10.5 Å². The Morgan fingerprint density at radius 3 is 2.21 bits per heavy atom. The third-order valence-corrected chi connectivity index (χ3v) is 2.20. The molecule has 1 rings (SSSR count). The molecule has 0 aromatic heterocycles. The van der Waals surface area contributed by atoms with Crippen molar-refractivity contribution in [2.45, 2.75) is 6.10 Å². The summed E-state index contributed by atoms with van der Waals surface area (Å²) in [5.41, 5.74) is 10.5. The van der Waals surface area contributed by atoms with Gasteiger partial charge < -0.3 is 27.2 Å². The van der Waals surface area contributed by atoms with Crippen molar-refractivity contribution in [2.75, 3.05) is 11.9 Å². The maximum absolute atomic E-state index is 11.6. The highest BCUT2D eigenvalue weighted by atomic mass is 16.3. The van der Waals surface area contributed by atoms with Crippen LogP contribution in [0, 0.1) is 0 Å². The molecule has 1 unspecified atom stereocenters. The number of amides is 4. The number of aliphatic hydroxyl groups is 1. The summed E-state index contributed by atoms with van der Waals surface area (Å²) in [6.07, 6.45) is -1.43. The first-order valence-corrected chi connectivity index (χ1v) is 5.32. The lowest BCUT2D eigenvalue weighted by molar-refractivity contribution is -0.125. The molecule has 0 aliphatic carbocycles. The van der Waals surface area contributed by atoms with Crippen molar-refractivity contribution in [1.29, 1.82) is 0 Å². The summed E-state index contributed by atoms with van der Waals surface area (Å²) >= 11 is 0. The lowest BCUT2D eigenvalue weighted by Crippen LogP contribution is -2.39. The number of rotatable bonds is 5. The molecule has 8 heteroatoms. The van der Waals surface area contributed by atoms with E-state index in [1.54, 1.807) is 0 Å². The Bertz CT molecular complexity index is 486. The van der Waals surface area contributed by atoms with E-state index in [1.807, 2.05) is 0 Å². The first-order valence-electron chi connectivity index (χ1n) is 5.32. The minimum Gasteiger partial charge on any atom is -0.381 e. The summed E-state index contributed by atoms with van der Waals surface area (Å²) in [6, 6.07) is 5.19. The van der Waals surface area contributed by atoms with Crippen molar-refractivity contribution in [3.63, 3.8) is 0 Å². The summed E-state index contributed by atoms with van der Waals surface area (Å²) in [4.78, 5) is 32.8. The van der Waals surface area contributed by atoms with Gasteiger partial charge in [0.25, 0.3) is 5.91 Å². The molecule has 1 aromatic carbocycles. The molecular weight excluding hydrogens is 252 g/mol. The van der Waals surface area contributed by atoms with Gasteiger partial charge in [-0.25, -0.2) is 4.79 Å². The maximum atomic E-state index is 11.6. The second-order valence-corrected chi connectivity index (χ2v) is 3.69. The van der Waals surface area contributed by atoms with E-state index in [0.717, 1.165) is 0 Å². The van der Waals surface area contributed by atoms with Gasteiger partial charge in [-0.2, -0.15) is 0 Å². The third kappa shape index (κ3) is 4.64. The van der Waals surface area contributed by atoms with Gasteiger partial charge in [-0.15, -0.1) is 0 Å². The molecule has 1 atom stereocenters. The quantitative estimate of drug-likeness (QED) is 0.453. The van der Waals surface area contributed by atoms with Crippen molar-refractivity contribution < 1.29 is 19.5 Å². The van der Waals surface area contributed by atoms with E-state index in [2.05, 4.69) is 10.6 Å². The van der Waals surface area contributed by atoms with Gasteiger partial charge in [-0.05, 0) is 24.3 Å². The first-order chi connectivity index (χ1) is 8.90. The van der Waals surface area contributed by atoms with Crippen LogP contribution in [0.3, 0.4) is 0 Å². The molecule has 0 saturated carbocycles. The second kappa shape index (κ2) is 6.36. The smallest absolute Gasteiger partial charge is 0.316 e. The fourth-order valence-corrected chi connectivity index (χ4v) is 1.24. The Hall–Kier alpha value is -2.61. The molecule has 102 valence electrons. The SMILES string of the molecule is NC(=O)Nc1ccc(C(=O)NCC(O)C(N)=O)cc1. The fraction of sp³-hybridized carbons (Fsp3) is 0.182. The molecule has 8 nitrogen and oxygen atoms in total. The predicted octanol–water partition coefficient (Wildman–Crippen LogP) is -1.25. The minimum absolute atomic E-state index is 0.268. The molecule has 19 heavy (non-hydrogen) atoms. The van der Waals surface area contributed by atoms with Gasteiger partial charge in [0.15, 0.2) is 0 Å². The molecule has 0 bridgehead atoms. The Balaban J connectivity index is 2.58. The molecule has 0 fully saturated rings. The number of anilines is 1. The molecule has 1 aromatic rings. The van der Waals surface area contributed by atoms with Crippen LogP contribution >= 0.6 is 0 Å². The van der Waals surface area contributed by atoms with Gasteiger partial charge in [0.05, 0.1) is 6.54 Å². The van der Waals surface area contributed by atoms with Crippen LogP contribution in [-0.4, -0.2) is 35.6 Å². The van der Waals surface area contributed by atoms with E-state index >= 15 is 0 Å². The zero-order chi connectivity index (χ0) is 14.4. The maximum Gasteiger partial charge on any atom is 0.316 e. The predicted molar refractivity (Wildman–Crippen MR) is 67.2 cm³/mol. The number of urea groups is 1. The van der Waals surface area contributed by atoms with Crippen molar-refractivity contribution in [2.24, 2.45) is 11.5 Å². The Kier molecular flexibility index (Phi) is 4.84. The van der Waals surface area contributed by atoms with Gasteiger partial charge in [0.1, 0.15) is 6.10 Å². The average molecular weight is 266 g/mol. The highest BCUT2D eigenvalue weighted by Crippen LogP contribution is 2.09. The number of primary amides is 2. The topological polar surface area (TPSA) is 148 Å². The molecule has 0 saturated heterocycles. The Morgan fingerprint density at radius 2 is 1.74 bits per heavy atom. The van der Waals surface area contributed by atoms with E-state index in [0.29, 0.717) is 11.3 Å². The van der Waals surface area contributed by atoms with E-state index in [9.17, 15) is 14.4 Å². The largest absolute Gasteiger partial charge is 0.381 e. The van der Waals surface area contributed by atoms with Crippen LogP contribution < -0.4 is 22.1 Å². The zero-order valence-corrected chi connectivity index (χ0v) is 9.92. The number of hydrogen-bond acceptors (Lipinski definition) is 4. The summed E-state index contributed by atoms with van der Waals surface area (Å²) < 4.78 is 0. The molecule has 0 aliphatic heterocycles. The zero-order valence-electron chi connectivity index (χ0n) is 9.92. The van der Waals surface area contributed by atoms with Crippen LogP contribution in [0.5, 0.6) is 0 Å². The van der Waals surface area contributed by atoms with Crippen LogP contribution in [0.15, 0.2) is 24.3 Å².